The van der Waals surface area contributed by atoms with Crippen LogP contribution in [0.2, 0.25) is 0 Å². The molecule has 0 radical (unpaired) electrons. The van der Waals surface area contributed by atoms with Crippen molar-refractivity contribution >= 4 is 17.5 Å². The van der Waals surface area contributed by atoms with Crippen LogP contribution in [0.4, 0.5) is 10.1 Å². The first kappa shape index (κ1) is 19.0. The molecule has 2 amide bonds. The van der Waals surface area contributed by atoms with E-state index in [0.29, 0.717) is 18.8 Å². The summed E-state index contributed by atoms with van der Waals surface area (Å²) in [6, 6.07) is 7.70. The quantitative estimate of drug-likeness (QED) is 0.682. The molecule has 1 spiro atoms. The molecular formula is C22H23FN4O3. The Morgan fingerprint density at radius 1 is 1.37 bits per heavy atom. The van der Waals surface area contributed by atoms with E-state index >= 15 is 0 Å². The fourth-order valence-corrected chi connectivity index (χ4v) is 4.89. The van der Waals surface area contributed by atoms with Crippen LogP contribution in [-0.4, -0.2) is 58.3 Å². The fourth-order valence-electron chi connectivity index (χ4n) is 4.89. The standard InChI is InChI=1S/C22H23FN4O3/c1-25(11-3-13-26-12-2-10-24-26)20(28)18-17-8-9-22(30-17)14-27(21(29)19(18)22)16-6-4-15(23)5-7-16/h2,4-10,12,17-19H,3,11,13-14H2,1H3/t17-,18+,19-,22-/m0/s1. The number of aryl methyl sites for hydroxylation is 1. The molecule has 3 aliphatic rings. The van der Waals surface area contributed by atoms with E-state index in [4.69, 9.17) is 4.74 Å². The van der Waals surface area contributed by atoms with Gasteiger partial charge in [0.2, 0.25) is 11.8 Å². The van der Waals surface area contributed by atoms with Crippen molar-refractivity contribution < 1.29 is 18.7 Å². The topological polar surface area (TPSA) is 67.7 Å². The van der Waals surface area contributed by atoms with Crippen LogP contribution in [0.25, 0.3) is 0 Å². The van der Waals surface area contributed by atoms with Gasteiger partial charge < -0.3 is 14.5 Å². The van der Waals surface area contributed by atoms with E-state index in [1.807, 2.05) is 29.1 Å². The van der Waals surface area contributed by atoms with Crippen molar-refractivity contribution in [3.63, 3.8) is 0 Å². The monoisotopic (exact) mass is 410 g/mol. The lowest BCUT2D eigenvalue weighted by molar-refractivity contribution is -0.139. The Morgan fingerprint density at radius 2 is 2.17 bits per heavy atom. The lowest BCUT2D eigenvalue weighted by atomic mass is 9.76. The molecule has 0 unspecified atom stereocenters. The lowest BCUT2D eigenvalue weighted by Gasteiger charge is -2.27. The van der Waals surface area contributed by atoms with Crippen molar-refractivity contribution in [3.05, 3.63) is 60.7 Å². The van der Waals surface area contributed by atoms with Crippen LogP contribution in [0.3, 0.4) is 0 Å². The van der Waals surface area contributed by atoms with Gasteiger partial charge in [0.25, 0.3) is 0 Å². The second kappa shape index (κ2) is 7.05. The minimum Gasteiger partial charge on any atom is -0.360 e. The van der Waals surface area contributed by atoms with Gasteiger partial charge in [0, 0.05) is 38.2 Å². The van der Waals surface area contributed by atoms with E-state index in [9.17, 15) is 14.0 Å². The second-order valence-corrected chi connectivity index (χ2v) is 8.18. The maximum Gasteiger partial charge on any atom is 0.234 e. The van der Waals surface area contributed by atoms with E-state index in [1.54, 1.807) is 35.2 Å². The van der Waals surface area contributed by atoms with Crippen LogP contribution in [0.1, 0.15) is 6.42 Å². The minimum atomic E-state index is -0.785. The van der Waals surface area contributed by atoms with Gasteiger partial charge in [-0.1, -0.05) is 12.2 Å². The van der Waals surface area contributed by atoms with Gasteiger partial charge in [-0.05, 0) is 36.8 Å². The van der Waals surface area contributed by atoms with Crippen molar-refractivity contribution in [2.75, 3.05) is 25.0 Å². The summed E-state index contributed by atoms with van der Waals surface area (Å²) in [5.74, 6) is -1.67. The third kappa shape index (κ3) is 2.94. The number of aromatic nitrogens is 2. The summed E-state index contributed by atoms with van der Waals surface area (Å²) in [5, 5.41) is 4.17. The largest absolute Gasteiger partial charge is 0.360 e. The number of nitrogens with zero attached hydrogens (tertiary/aromatic N) is 4. The molecule has 30 heavy (non-hydrogen) atoms. The van der Waals surface area contributed by atoms with Crippen molar-refractivity contribution in [1.29, 1.82) is 0 Å². The molecule has 8 heteroatoms. The number of rotatable bonds is 6. The third-order valence-corrected chi connectivity index (χ3v) is 6.34. The average molecular weight is 410 g/mol. The summed E-state index contributed by atoms with van der Waals surface area (Å²) in [6.45, 7) is 1.63. The molecule has 5 rings (SSSR count). The van der Waals surface area contributed by atoms with Crippen molar-refractivity contribution in [2.24, 2.45) is 11.8 Å². The summed E-state index contributed by atoms with van der Waals surface area (Å²) in [7, 11) is 1.77. The molecule has 0 aliphatic carbocycles. The van der Waals surface area contributed by atoms with Crippen molar-refractivity contribution in [3.8, 4) is 0 Å². The van der Waals surface area contributed by atoms with E-state index in [2.05, 4.69) is 5.10 Å². The minimum absolute atomic E-state index is 0.0778. The zero-order valence-corrected chi connectivity index (χ0v) is 16.6. The summed E-state index contributed by atoms with van der Waals surface area (Å²) >= 11 is 0. The number of ether oxygens (including phenoxy) is 1. The lowest BCUT2D eigenvalue weighted by Crippen LogP contribution is -2.45. The number of hydrogen-bond donors (Lipinski definition) is 0. The summed E-state index contributed by atoms with van der Waals surface area (Å²) < 4.78 is 21.3. The molecule has 7 nitrogen and oxygen atoms in total. The molecule has 2 bridgehead atoms. The molecule has 2 aromatic rings. The van der Waals surface area contributed by atoms with Gasteiger partial charge in [-0.15, -0.1) is 0 Å². The molecular weight excluding hydrogens is 387 g/mol. The molecule has 0 saturated carbocycles. The maximum absolute atomic E-state index is 13.3. The van der Waals surface area contributed by atoms with Gasteiger partial charge >= 0.3 is 0 Å². The predicted octanol–water partition coefficient (Wildman–Crippen LogP) is 1.86. The van der Waals surface area contributed by atoms with Crippen LogP contribution < -0.4 is 4.90 Å². The van der Waals surface area contributed by atoms with Crippen molar-refractivity contribution in [1.82, 2.24) is 14.7 Å². The van der Waals surface area contributed by atoms with Gasteiger partial charge in [0.1, 0.15) is 11.4 Å². The molecule has 4 heterocycles. The third-order valence-electron chi connectivity index (χ3n) is 6.34. The number of anilines is 1. The zero-order chi connectivity index (χ0) is 20.9. The molecule has 4 atom stereocenters. The van der Waals surface area contributed by atoms with E-state index < -0.39 is 17.4 Å². The fraction of sp³-hybridized carbons (Fsp3) is 0.409. The molecule has 2 fully saturated rings. The van der Waals surface area contributed by atoms with Gasteiger partial charge in [0.05, 0.1) is 24.5 Å². The SMILES string of the molecule is CN(CCCn1cccn1)C(=O)[C@@H]1[C@@H]2C=C[C@@]3(CN(c4ccc(F)cc4)C(=O)[C@H]13)O2. The highest BCUT2D eigenvalue weighted by Gasteiger charge is 2.67. The smallest absolute Gasteiger partial charge is 0.234 e. The van der Waals surface area contributed by atoms with Crippen LogP contribution in [0.15, 0.2) is 54.9 Å². The first-order valence-corrected chi connectivity index (χ1v) is 10.1. The van der Waals surface area contributed by atoms with Crippen LogP contribution >= 0.6 is 0 Å². The Labute approximate surface area is 173 Å². The average Bonchev–Trinajstić information content (AvgIpc) is 3.50. The Morgan fingerprint density at radius 3 is 2.90 bits per heavy atom. The summed E-state index contributed by atoms with van der Waals surface area (Å²) in [6.07, 6.45) is 7.83. The first-order chi connectivity index (χ1) is 14.5. The van der Waals surface area contributed by atoms with E-state index in [-0.39, 0.29) is 23.7 Å². The molecule has 2 saturated heterocycles. The first-order valence-electron chi connectivity index (χ1n) is 10.1. The number of amides is 2. The van der Waals surface area contributed by atoms with Crippen molar-refractivity contribution in [2.45, 2.75) is 24.7 Å². The predicted molar refractivity (Wildman–Crippen MR) is 107 cm³/mol. The number of carbonyl (C=O) groups excluding carboxylic acids is 2. The molecule has 156 valence electrons. The Kier molecular flexibility index (Phi) is 4.47. The van der Waals surface area contributed by atoms with E-state index in [1.165, 1.54) is 12.1 Å². The van der Waals surface area contributed by atoms with Gasteiger partial charge in [0.15, 0.2) is 0 Å². The van der Waals surface area contributed by atoms with Crippen LogP contribution in [0, 0.1) is 17.7 Å². The maximum atomic E-state index is 13.3. The number of fused-ring (bicyclic) bond motifs is 1. The van der Waals surface area contributed by atoms with Gasteiger partial charge in [-0.2, -0.15) is 5.10 Å². The highest BCUT2D eigenvalue weighted by atomic mass is 19.1. The Hall–Kier alpha value is -3.00. The Bertz CT molecular complexity index is 990. The molecule has 1 aromatic carbocycles. The number of benzene rings is 1. The summed E-state index contributed by atoms with van der Waals surface area (Å²) in [5.41, 5.74) is -0.170. The summed E-state index contributed by atoms with van der Waals surface area (Å²) in [4.78, 5) is 29.9. The molecule has 0 N–H and O–H groups in total. The normalized spacial score (nSPS) is 28.9. The highest BCUT2D eigenvalue weighted by Crippen LogP contribution is 2.53. The molecule has 1 aromatic heterocycles. The number of hydrogen-bond acceptors (Lipinski definition) is 4. The van der Waals surface area contributed by atoms with Crippen LogP contribution in [-0.2, 0) is 20.9 Å². The van der Waals surface area contributed by atoms with Gasteiger partial charge in [-0.3, -0.25) is 14.3 Å². The van der Waals surface area contributed by atoms with Gasteiger partial charge in [-0.25, -0.2) is 4.39 Å². The second-order valence-electron chi connectivity index (χ2n) is 8.18. The molecule has 3 aliphatic heterocycles. The van der Waals surface area contributed by atoms with Crippen LogP contribution in [0.5, 0.6) is 0 Å². The number of halogens is 1. The highest BCUT2D eigenvalue weighted by molar-refractivity contribution is 6.03. The Balaban J connectivity index is 1.31. The zero-order valence-electron chi connectivity index (χ0n) is 16.6. The van der Waals surface area contributed by atoms with E-state index in [0.717, 1.165) is 13.0 Å². The number of carbonyl (C=O) groups is 2.